The van der Waals surface area contributed by atoms with E-state index in [1.54, 1.807) is 41.2 Å². The number of para-hydroxylation sites is 2. The van der Waals surface area contributed by atoms with Crippen LogP contribution in [0, 0.1) is 13.8 Å². The van der Waals surface area contributed by atoms with Gasteiger partial charge in [0.05, 0.1) is 17.6 Å². The second-order valence-corrected chi connectivity index (χ2v) is 8.64. The first kappa shape index (κ1) is 23.2. The minimum absolute atomic E-state index is 0.0196. The molecule has 0 spiro atoms. The molecule has 1 aliphatic rings. The van der Waals surface area contributed by atoms with Crippen molar-refractivity contribution in [3.8, 4) is 17.2 Å². The van der Waals surface area contributed by atoms with E-state index in [0.29, 0.717) is 22.7 Å². The molecule has 3 aromatic carbocycles. The van der Waals surface area contributed by atoms with Gasteiger partial charge in [-0.05, 0) is 80.2 Å². The number of rotatable bonds is 5. The Morgan fingerprint density at radius 3 is 2.28 bits per heavy atom. The van der Waals surface area contributed by atoms with Crippen LogP contribution in [0.25, 0.3) is 11.8 Å². The van der Waals surface area contributed by atoms with E-state index in [9.17, 15) is 9.59 Å². The molecule has 7 nitrogen and oxygen atoms in total. The van der Waals surface area contributed by atoms with Crippen LogP contribution < -0.4 is 15.0 Å². The topological polar surface area (TPSA) is 76.5 Å². The first-order chi connectivity index (χ1) is 17.4. The lowest BCUT2D eigenvalue weighted by Gasteiger charge is -2.29. The van der Waals surface area contributed by atoms with Gasteiger partial charge in [-0.1, -0.05) is 36.4 Å². The van der Waals surface area contributed by atoms with E-state index in [1.165, 1.54) is 4.90 Å². The van der Waals surface area contributed by atoms with E-state index in [1.807, 2.05) is 68.4 Å². The van der Waals surface area contributed by atoms with Crippen LogP contribution >= 0.6 is 12.2 Å². The highest BCUT2D eigenvalue weighted by Gasteiger charge is 2.34. The van der Waals surface area contributed by atoms with Gasteiger partial charge >= 0.3 is 0 Å². The van der Waals surface area contributed by atoms with Crippen molar-refractivity contribution in [2.45, 2.75) is 13.8 Å². The molecule has 0 bridgehead atoms. The van der Waals surface area contributed by atoms with Crippen LogP contribution in [0.3, 0.4) is 0 Å². The van der Waals surface area contributed by atoms with Gasteiger partial charge in [0.2, 0.25) is 0 Å². The van der Waals surface area contributed by atoms with E-state index in [-0.39, 0.29) is 10.7 Å². The van der Waals surface area contributed by atoms with E-state index in [4.69, 9.17) is 17.0 Å². The molecule has 0 atom stereocenters. The highest BCUT2D eigenvalue weighted by Crippen LogP contribution is 2.27. The Hall–Kier alpha value is -4.56. The quantitative estimate of drug-likeness (QED) is 0.237. The number of amides is 2. The SMILES string of the molecule is Cc1ccccc1-n1ncc(/C=C2/C(=O)NC(=S)N(c3ccc(Oc4ccccc4)cc3)C2=O)c1C. The number of aromatic nitrogens is 2. The number of ether oxygens (including phenoxy) is 1. The fourth-order valence-corrected chi connectivity index (χ4v) is 4.22. The molecule has 1 saturated heterocycles. The van der Waals surface area contributed by atoms with Gasteiger partial charge in [-0.3, -0.25) is 19.8 Å². The van der Waals surface area contributed by atoms with E-state index < -0.39 is 11.8 Å². The van der Waals surface area contributed by atoms with E-state index >= 15 is 0 Å². The second-order valence-electron chi connectivity index (χ2n) is 8.25. The molecule has 5 rings (SSSR count). The van der Waals surface area contributed by atoms with Gasteiger partial charge < -0.3 is 4.74 Å². The van der Waals surface area contributed by atoms with Gasteiger partial charge in [0.15, 0.2) is 5.11 Å². The number of benzene rings is 3. The van der Waals surface area contributed by atoms with Crippen molar-refractivity contribution in [2.75, 3.05) is 4.90 Å². The standard InChI is InChI=1S/C28H22N4O3S/c1-18-8-6-7-11-25(18)32-19(2)20(17-29-32)16-24-26(33)30-28(36)31(27(24)34)21-12-14-23(15-13-21)35-22-9-4-3-5-10-22/h3-17H,1-2H3,(H,30,33,36)/b24-16-. The Labute approximate surface area is 213 Å². The molecule has 4 aromatic rings. The van der Waals surface area contributed by atoms with Crippen molar-refractivity contribution < 1.29 is 14.3 Å². The average molecular weight is 495 g/mol. The van der Waals surface area contributed by atoms with Crippen LogP contribution in [0.4, 0.5) is 5.69 Å². The monoisotopic (exact) mass is 494 g/mol. The zero-order valence-electron chi connectivity index (χ0n) is 19.6. The van der Waals surface area contributed by atoms with Crippen LogP contribution in [-0.4, -0.2) is 26.7 Å². The zero-order chi connectivity index (χ0) is 25.2. The number of carbonyl (C=O) groups excluding carboxylic acids is 2. The molecule has 1 fully saturated rings. The Balaban J connectivity index is 1.43. The number of nitrogens with zero attached hydrogens (tertiary/aromatic N) is 3. The summed E-state index contributed by atoms with van der Waals surface area (Å²) in [5.74, 6) is 0.255. The van der Waals surface area contributed by atoms with Crippen molar-refractivity contribution in [3.05, 3.63) is 107 Å². The molecular formula is C28H22N4O3S. The van der Waals surface area contributed by atoms with Gasteiger partial charge in [-0.15, -0.1) is 0 Å². The normalized spacial score (nSPS) is 14.8. The molecule has 178 valence electrons. The van der Waals surface area contributed by atoms with Crippen molar-refractivity contribution in [2.24, 2.45) is 0 Å². The summed E-state index contributed by atoms with van der Waals surface area (Å²) in [6.07, 6.45) is 3.19. The predicted octanol–water partition coefficient (Wildman–Crippen LogP) is 5.11. The minimum Gasteiger partial charge on any atom is -0.457 e. The number of nitrogens with one attached hydrogen (secondary N) is 1. The lowest BCUT2D eigenvalue weighted by Crippen LogP contribution is -2.54. The lowest BCUT2D eigenvalue weighted by molar-refractivity contribution is -0.122. The fourth-order valence-electron chi connectivity index (χ4n) is 3.94. The fraction of sp³-hybridized carbons (Fsp3) is 0.0714. The third kappa shape index (κ3) is 4.42. The smallest absolute Gasteiger partial charge is 0.270 e. The molecule has 0 saturated carbocycles. The average Bonchev–Trinajstić information content (AvgIpc) is 3.23. The first-order valence-corrected chi connectivity index (χ1v) is 11.7. The molecule has 2 amide bonds. The van der Waals surface area contributed by atoms with Crippen molar-refractivity contribution in [3.63, 3.8) is 0 Å². The molecule has 1 aliphatic heterocycles. The molecule has 0 radical (unpaired) electrons. The molecule has 1 N–H and O–H groups in total. The number of hydrogen-bond acceptors (Lipinski definition) is 5. The zero-order valence-corrected chi connectivity index (χ0v) is 20.5. The summed E-state index contributed by atoms with van der Waals surface area (Å²) < 4.78 is 7.62. The Bertz CT molecular complexity index is 1510. The van der Waals surface area contributed by atoms with E-state index in [2.05, 4.69) is 10.4 Å². The third-order valence-corrected chi connectivity index (χ3v) is 6.15. The summed E-state index contributed by atoms with van der Waals surface area (Å²) in [4.78, 5) is 27.5. The van der Waals surface area contributed by atoms with Gasteiger partial charge in [0.1, 0.15) is 17.1 Å². The number of aryl methyl sites for hydroxylation is 1. The summed E-state index contributed by atoms with van der Waals surface area (Å²) in [5.41, 5.74) is 3.95. The van der Waals surface area contributed by atoms with Gasteiger partial charge in [0, 0.05) is 11.3 Å². The Morgan fingerprint density at radius 2 is 1.56 bits per heavy atom. The highest BCUT2D eigenvalue weighted by molar-refractivity contribution is 7.80. The molecule has 0 unspecified atom stereocenters. The van der Waals surface area contributed by atoms with Gasteiger partial charge in [-0.2, -0.15) is 5.10 Å². The lowest BCUT2D eigenvalue weighted by atomic mass is 10.1. The largest absolute Gasteiger partial charge is 0.457 e. The number of thiocarbonyl (C=S) groups is 1. The highest BCUT2D eigenvalue weighted by atomic mass is 32.1. The van der Waals surface area contributed by atoms with Crippen LogP contribution in [-0.2, 0) is 9.59 Å². The van der Waals surface area contributed by atoms with Crippen LogP contribution in [0.2, 0.25) is 0 Å². The summed E-state index contributed by atoms with van der Waals surface area (Å²) in [6, 6.07) is 24.2. The van der Waals surface area contributed by atoms with Crippen molar-refractivity contribution in [1.82, 2.24) is 15.1 Å². The molecule has 8 heteroatoms. The second kappa shape index (κ2) is 9.59. The maximum Gasteiger partial charge on any atom is 0.270 e. The molecule has 2 heterocycles. The molecular weight excluding hydrogens is 472 g/mol. The third-order valence-electron chi connectivity index (χ3n) is 5.87. The van der Waals surface area contributed by atoms with Gasteiger partial charge in [-0.25, -0.2) is 4.68 Å². The van der Waals surface area contributed by atoms with Crippen LogP contribution in [0.1, 0.15) is 16.8 Å². The number of anilines is 1. The Morgan fingerprint density at radius 1 is 0.889 bits per heavy atom. The molecule has 36 heavy (non-hydrogen) atoms. The summed E-state index contributed by atoms with van der Waals surface area (Å²) in [5, 5.41) is 7.11. The summed E-state index contributed by atoms with van der Waals surface area (Å²) in [7, 11) is 0. The summed E-state index contributed by atoms with van der Waals surface area (Å²) >= 11 is 5.32. The maximum atomic E-state index is 13.4. The maximum absolute atomic E-state index is 13.4. The summed E-state index contributed by atoms with van der Waals surface area (Å²) in [6.45, 7) is 3.90. The Kier molecular flexibility index (Phi) is 6.18. The molecule has 1 aromatic heterocycles. The predicted molar refractivity (Wildman–Crippen MR) is 142 cm³/mol. The van der Waals surface area contributed by atoms with Gasteiger partial charge in [0.25, 0.3) is 11.8 Å². The van der Waals surface area contributed by atoms with Crippen LogP contribution in [0.5, 0.6) is 11.5 Å². The number of hydrogen-bond donors (Lipinski definition) is 1. The number of carbonyl (C=O) groups is 2. The minimum atomic E-state index is -0.548. The van der Waals surface area contributed by atoms with Crippen molar-refractivity contribution >= 4 is 40.9 Å². The van der Waals surface area contributed by atoms with Crippen molar-refractivity contribution in [1.29, 1.82) is 0 Å². The first-order valence-electron chi connectivity index (χ1n) is 11.3. The molecule has 0 aliphatic carbocycles. The van der Waals surface area contributed by atoms with Crippen LogP contribution in [0.15, 0.2) is 90.6 Å². The van der Waals surface area contributed by atoms with E-state index in [0.717, 1.165) is 16.9 Å².